The highest BCUT2D eigenvalue weighted by molar-refractivity contribution is 6.01. The summed E-state index contributed by atoms with van der Waals surface area (Å²) in [5.41, 5.74) is 2.08. The van der Waals surface area contributed by atoms with E-state index in [1.165, 1.54) is 50.8 Å². The molecule has 3 saturated heterocycles. The maximum atomic E-state index is 13.4. The summed E-state index contributed by atoms with van der Waals surface area (Å²) in [6.07, 6.45) is 10.7. The van der Waals surface area contributed by atoms with Gasteiger partial charge in [-0.3, -0.25) is 9.69 Å². The van der Waals surface area contributed by atoms with Gasteiger partial charge in [-0.2, -0.15) is 0 Å². The van der Waals surface area contributed by atoms with Crippen LogP contribution in [-0.4, -0.2) is 56.2 Å². The highest BCUT2D eigenvalue weighted by Gasteiger charge is 2.47. The van der Waals surface area contributed by atoms with Gasteiger partial charge in [0.15, 0.2) is 0 Å². The van der Waals surface area contributed by atoms with E-state index in [0.29, 0.717) is 11.9 Å². The lowest BCUT2D eigenvalue weighted by Crippen LogP contribution is -2.39. The van der Waals surface area contributed by atoms with Gasteiger partial charge in [0.25, 0.3) is 0 Å². The summed E-state index contributed by atoms with van der Waals surface area (Å²) in [5, 5.41) is 0. The van der Waals surface area contributed by atoms with Crippen LogP contribution in [0, 0.1) is 5.41 Å². The summed E-state index contributed by atoms with van der Waals surface area (Å²) in [4.78, 5) is 20.6. The van der Waals surface area contributed by atoms with Gasteiger partial charge in [-0.05, 0) is 64.1 Å². The quantitative estimate of drug-likeness (QED) is 0.734. The molecule has 1 aromatic carbocycles. The van der Waals surface area contributed by atoms with Gasteiger partial charge in [-0.15, -0.1) is 0 Å². The van der Waals surface area contributed by atoms with Crippen molar-refractivity contribution in [1.82, 2.24) is 4.90 Å². The van der Waals surface area contributed by atoms with Gasteiger partial charge >= 0.3 is 0 Å². The van der Waals surface area contributed by atoms with Gasteiger partial charge in [-0.25, -0.2) is 0 Å². The molecule has 1 spiro atoms. The van der Waals surface area contributed by atoms with E-state index in [9.17, 15) is 4.79 Å². The van der Waals surface area contributed by atoms with Crippen LogP contribution in [-0.2, 0) is 4.79 Å². The molecule has 0 radical (unpaired) electrons. The predicted molar refractivity (Wildman–Crippen MR) is 122 cm³/mol. The molecule has 5 rings (SSSR count). The molecule has 1 saturated carbocycles. The third kappa shape index (κ3) is 3.39. The van der Waals surface area contributed by atoms with E-state index in [4.69, 9.17) is 4.74 Å². The van der Waals surface area contributed by atoms with E-state index in [0.717, 1.165) is 56.4 Å². The van der Waals surface area contributed by atoms with Crippen LogP contribution >= 0.6 is 0 Å². The number of benzene rings is 1. The molecule has 1 amide bonds. The standard InChI is InChI=1S/C25H37N3O2/c1-19-7-6-14-27(19)21-10-15-26(18-21)20-8-9-22(23(17-20)30-2)28-16-13-25(24(28)29)11-4-3-5-12-25/h8-9,17,19,21H,3-7,10-16,18H2,1-2H3. The van der Waals surface area contributed by atoms with Gasteiger partial charge in [-0.1, -0.05) is 19.3 Å². The number of carbonyl (C=O) groups is 1. The first-order chi connectivity index (χ1) is 14.6. The normalized spacial score (nSPS) is 29.3. The van der Waals surface area contributed by atoms with Crippen LogP contribution in [0.25, 0.3) is 0 Å². The molecule has 164 valence electrons. The third-order valence-electron chi connectivity index (χ3n) is 8.38. The first kappa shape index (κ1) is 20.2. The molecule has 4 fully saturated rings. The Kier molecular flexibility index (Phi) is 5.42. The average Bonchev–Trinajstić information content (AvgIpc) is 3.49. The topological polar surface area (TPSA) is 36.0 Å². The SMILES string of the molecule is COc1cc(N2CCC(N3CCCC3C)C2)ccc1N1CCC2(CCCCC2)C1=O. The summed E-state index contributed by atoms with van der Waals surface area (Å²) in [5.74, 6) is 1.17. The minimum Gasteiger partial charge on any atom is -0.494 e. The summed E-state index contributed by atoms with van der Waals surface area (Å²) in [6.45, 7) is 6.65. The van der Waals surface area contributed by atoms with Crippen molar-refractivity contribution in [2.45, 2.75) is 76.8 Å². The number of hydrogen-bond donors (Lipinski definition) is 0. The Morgan fingerprint density at radius 2 is 1.83 bits per heavy atom. The van der Waals surface area contributed by atoms with E-state index in [-0.39, 0.29) is 5.41 Å². The molecule has 2 atom stereocenters. The maximum absolute atomic E-state index is 13.4. The minimum atomic E-state index is -0.101. The van der Waals surface area contributed by atoms with Crippen LogP contribution in [0.2, 0.25) is 0 Å². The zero-order valence-electron chi connectivity index (χ0n) is 18.7. The lowest BCUT2D eigenvalue weighted by atomic mass is 9.73. The molecule has 5 nitrogen and oxygen atoms in total. The number of ether oxygens (including phenoxy) is 1. The highest BCUT2D eigenvalue weighted by Crippen LogP contribution is 2.47. The largest absolute Gasteiger partial charge is 0.494 e. The van der Waals surface area contributed by atoms with E-state index < -0.39 is 0 Å². The number of nitrogens with zero attached hydrogens (tertiary/aromatic N) is 3. The number of hydrogen-bond acceptors (Lipinski definition) is 4. The first-order valence-corrected chi connectivity index (χ1v) is 12.1. The Morgan fingerprint density at radius 1 is 1.00 bits per heavy atom. The number of carbonyl (C=O) groups excluding carboxylic acids is 1. The maximum Gasteiger partial charge on any atom is 0.233 e. The number of amides is 1. The fraction of sp³-hybridized carbons (Fsp3) is 0.720. The van der Waals surface area contributed by atoms with Crippen LogP contribution in [0.4, 0.5) is 11.4 Å². The van der Waals surface area contributed by atoms with Gasteiger partial charge in [0.1, 0.15) is 5.75 Å². The molecule has 30 heavy (non-hydrogen) atoms. The zero-order valence-corrected chi connectivity index (χ0v) is 18.7. The van der Waals surface area contributed by atoms with E-state index in [1.807, 2.05) is 4.90 Å². The molecule has 1 aromatic rings. The van der Waals surface area contributed by atoms with Crippen LogP contribution in [0.5, 0.6) is 5.75 Å². The van der Waals surface area contributed by atoms with E-state index in [1.54, 1.807) is 7.11 Å². The Bertz CT molecular complexity index is 789. The highest BCUT2D eigenvalue weighted by atomic mass is 16.5. The van der Waals surface area contributed by atoms with Gasteiger partial charge < -0.3 is 14.5 Å². The van der Waals surface area contributed by atoms with Gasteiger partial charge in [0.05, 0.1) is 18.2 Å². The van der Waals surface area contributed by atoms with Crippen molar-refractivity contribution in [3.8, 4) is 5.75 Å². The van der Waals surface area contributed by atoms with Crippen molar-refractivity contribution in [1.29, 1.82) is 0 Å². The van der Waals surface area contributed by atoms with Crippen LogP contribution in [0.1, 0.15) is 64.7 Å². The average molecular weight is 412 g/mol. The minimum absolute atomic E-state index is 0.101. The molecule has 5 heteroatoms. The fourth-order valence-electron chi connectivity index (χ4n) is 6.57. The molecule has 1 aliphatic carbocycles. The van der Waals surface area contributed by atoms with Crippen molar-refractivity contribution in [2.75, 3.05) is 43.1 Å². The summed E-state index contributed by atoms with van der Waals surface area (Å²) < 4.78 is 5.79. The first-order valence-electron chi connectivity index (χ1n) is 12.1. The summed E-state index contributed by atoms with van der Waals surface area (Å²) in [7, 11) is 1.73. The molecule has 0 N–H and O–H groups in total. The Hall–Kier alpha value is -1.75. The summed E-state index contributed by atoms with van der Waals surface area (Å²) in [6, 6.07) is 7.87. The number of rotatable bonds is 4. The van der Waals surface area contributed by atoms with E-state index in [2.05, 4.69) is 34.9 Å². The fourth-order valence-corrected chi connectivity index (χ4v) is 6.57. The number of likely N-dealkylation sites (tertiary alicyclic amines) is 1. The second-order valence-electron chi connectivity index (χ2n) is 10.0. The third-order valence-corrected chi connectivity index (χ3v) is 8.38. The Balaban J connectivity index is 1.32. The second kappa shape index (κ2) is 8.07. The molecule has 4 aliphatic rings. The molecule has 3 heterocycles. The van der Waals surface area contributed by atoms with Crippen molar-refractivity contribution in [2.24, 2.45) is 5.41 Å². The van der Waals surface area contributed by atoms with Gasteiger partial charge in [0, 0.05) is 43.5 Å². The van der Waals surface area contributed by atoms with Crippen LogP contribution in [0.15, 0.2) is 18.2 Å². The lowest BCUT2D eigenvalue weighted by Gasteiger charge is -2.32. The monoisotopic (exact) mass is 411 g/mol. The number of anilines is 2. The molecule has 3 aliphatic heterocycles. The zero-order chi connectivity index (χ0) is 20.7. The van der Waals surface area contributed by atoms with Crippen LogP contribution < -0.4 is 14.5 Å². The van der Waals surface area contributed by atoms with Crippen LogP contribution in [0.3, 0.4) is 0 Å². The Labute approximate surface area is 181 Å². The smallest absolute Gasteiger partial charge is 0.233 e. The van der Waals surface area contributed by atoms with E-state index >= 15 is 0 Å². The molecular formula is C25H37N3O2. The molecule has 0 bridgehead atoms. The van der Waals surface area contributed by atoms with Crippen molar-refractivity contribution in [3.05, 3.63) is 18.2 Å². The van der Waals surface area contributed by atoms with Crippen molar-refractivity contribution < 1.29 is 9.53 Å². The molecular weight excluding hydrogens is 374 g/mol. The Morgan fingerprint density at radius 3 is 2.57 bits per heavy atom. The van der Waals surface area contributed by atoms with Crippen molar-refractivity contribution in [3.63, 3.8) is 0 Å². The van der Waals surface area contributed by atoms with Crippen molar-refractivity contribution >= 4 is 17.3 Å². The summed E-state index contributed by atoms with van der Waals surface area (Å²) >= 11 is 0. The number of methoxy groups -OCH3 is 1. The molecule has 2 unspecified atom stereocenters. The predicted octanol–water partition coefficient (Wildman–Crippen LogP) is 4.45. The van der Waals surface area contributed by atoms with Gasteiger partial charge in [0.2, 0.25) is 5.91 Å². The second-order valence-corrected chi connectivity index (χ2v) is 10.0. The molecule has 0 aromatic heterocycles. The lowest BCUT2D eigenvalue weighted by molar-refractivity contribution is -0.127.